The first-order valence-electron chi connectivity index (χ1n) is 6.07. The second kappa shape index (κ2) is 3.44. The lowest BCUT2D eigenvalue weighted by Gasteiger charge is -2.16. The predicted octanol–water partition coefficient (Wildman–Crippen LogP) is 3.42. The third-order valence-electron chi connectivity index (χ3n) is 4.14. The summed E-state index contributed by atoms with van der Waals surface area (Å²) in [6.45, 7) is 4.55. The third kappa shape index (κ3) is 1.43. The lowest BCUT2D eigenvalue weighted by atomic mass is 9.84. The molecular formula is C16H17N. The van der Waals surface area contributed by atoms with Gasteiger partial charge < -0.3 is 0 Å². The van der Waals surface area contributed by atoms with Crippen LogP contribution in [0.15, 0.2) is 60.7 Å². The highest BCUT2D eigenvalue weighted by Gasteiger charge is 2.62. The van der Waals surface area contributed by atoms with E-state index in [1.165, 1.54) is 11.1 Å². The molecule has 1 saturated heterocycles. The average Bonchev–Trinajstić information content (AvgIpc) is 2.97. The summed E-state index contributed by atoms with van der Waals surface area (Å²) in [5, 5.41) is 3.65. The Balaban J connectivity index is 2.00. The Kier molecular flexibility index (Phi) is 2.14. The van der Waals surface area contributed by atoms with E-state index < -0.39 is 0 Å². The molecule has 0 aliphatic carbocycles. The van der Waals surface area contributed by atoms with Crippen LogP contribution in [-0.4, -0.2) is 0 Å². The van der Waals surface area contributed by atoms with Gasteiger partial charge in [0.05, 0.1) is 11.1 Å². The maximum atomic E-state index is 3.65. The molecule has 0 bridgehead atoms. The Morgan fingerprint density at radius 3 is 1.35 bits per heavy atom. The lowest BCUT2D eigenvalue weighted by molar-refractivity contribution is 0.620. The fourth-order valence-electron chi connectivity index (χ4n) is 2.73. The van der Waals surface area contributed by atoms with Gasteiger partial charge in [-0.2, -0.15) is 0 Å². The van der Waals surface area contributed by atoms with Gasteiger partial charge in [0.2, 0.25) is 0 Å². The number of hydrogen-bond acceptors (Lipinski definition) is 1. The SMILES string of the molecule is CC1(c2ccccc2)NC1(C)c1ccccc1. The van der Waals surface area contributed by atoms with Crippen molar-refractivity contribution in [1.82, 2.24) is 5.32 Å². The van der Waals surface area contributed by atoms with Gasteiger partial charge in [0.25, 0.3) is 0 Å². The molecule has 86 valence electrons. The molecule has 0 spiro atoms. The molecule has 2 atom stereocenters. The van der Waals surface area contributed by atoms with Crippen molar-refractivity contribution in [3.05, 3.63) is 71.8 Å². The van der Waals surface area contributed by atoms with Gasteiger partial charge in [0, 0.05) is 0 Å². The van der Waals surface area contributed by atoms with Crippen molar-refractivity contribution in [2.75, 3.05) is 0 Å². The van der Waals surface area contributed by atoms with E-state index in [2.05, 4.69) is 79.8 Å². The normalized spacial score (nSPS) is 31.2. The van der Waals surface area contributed by atoms with E-state index in [1.54, 1.807) is 0 Å². The maximum Gasteiger partial charge on any atom is 0.0637 e. The Bertz CT molecular complexity index is 470. The molecule has 0 aromatic heterocycles. The van der Waals surface area contributed by atoms with Gasteiger partial charge in [-0.15, -0.1) is 0 Å². The van der Waals surface area contributed by atoms with Gasteiger partial charge >= 0.3 is 0 Å². The molecular weight excluding hydrogens is 206 g/mol. The van der Waals surface area contributed by atoms with Crippen LogP contribution >= 0.6 is 0 Å². The summed E-state index contributed by atoms with van der Waals surface area (Å²) in [6.07, 6.45) is 0. The standard InChI is InChI=1S/C16H17N/c1-15(13-9-5-3-6-10-13)16(2,17-15)14-11-7-4-8-12-14/h3-12,17H,1-2H3. The van der Waals surface area contributed by atoms with Crippen molar-refractivity contribution in [2.45, 2.75) is 24.9 Å². The van der Waals surface area contributed by atoms with Gasteiger partial charge in [0.15, 0.2) is 0 Å². The van der Waals surface area contributed by atoms with Crippen LogP contribution in [0.25, 0.3) is 0 Å². The van der Waals surface area contributed by atoms with Gasteiger partial charge in [0.1, 0.15) is 0 Å². The minimum Gasteiger partial charge on any atom is -0.295 e. The summed E-state index contributed by atoms with van der Waals surface area (Å²) in [5.41, 5.74) is 2.81. The Morgan fingerprint density at radius 1 is 0.647 bits per heavy atom. The first kappa shape index (κ1) is 10.5. The van der Waals surface area contributed by atoms with Gasteiger partial charge in [-0.1, -0.05) is 60.7 Å². The zero-order chi connectivity index (χ0) is 11.9. The number of benzene rings is 2. The highest BCUT2D eigenvalue weighted by atomic mass is 15.3. The van der Waals surface area contributed by atoms with E-state index >= 15 is 0 Å². The van der Waals surface area contributed by atoms with Crippen LogP contribution in [0, 0.1) is 0 Å². The minimum absolute atomic E-state index is 0.0512. The van der Waals surface area contributed by atoms with E-state index in [4.69, 9.17) is 0 Å². The van der Waals surface area contributed by atoms with Crippen LogP contribution in [0.5, 0.6) is 0 Å². The van der Waals surface area contributed by atoms with Gasteiger partial charge in [-0.05, 0) is 25.0 Å². The zero-order valence-corrected chi connectivity index (χ0v) is 10.3. The van der Waals surface area contributed by atoms with E-state index in [0.717, 1.165) is 0 Å². The molecule has 3 rings (SSSR count). The van der Waals surface area contributed by atoms with Gasteiger partial charge in [-0.3, -0.25) is 5.32 Å². The molecule has 1 heteroatoms. The van der Waals surface area contributed by atoms with E-state index in [1.807, 2.05) is 0 Å². The minimum atomic E-state index is 0.0512. The average molecular weight is 223 g/mol. The van der Waals surface area contributed by atoms with Crippen LogP contribution < -0.4 is 5.32 Å². The molecule has 0 saturated carbocycles. The van der Waals surface area contributed by atoms with Crippen LogP contribution in [0.1, 0.15) is 25.0 Å². The van der Waals surface area contributed by atoms with E-state index in [0.29, 0.717) is 0 Å². The molecule has 2 aromatic rings. The fourth-order valence-corrected chi connectivity index (χ4v) is 2.73. The summed E-state index contributed by atoms with van der Waals surface area (Å²) >= 11 is 0. The van der Waals surface area contributed by atoms with Crippen LogP contribution in [0.2, 0.25) is 0 Å². The largest absolute Gasteiger partial charge is 0.295 e. The summed E-state index contributed by atoms with van der Waals surface area (Å²) in [4.78, 5) is 0. The molecule has 1 nitrogen and oxygen atoms in total. The Morgan fingerprint density at radius 2 is 1.00 bits per heavy atom. The van der Waals surface area contributed by atoms with Crippen molar-refractivity contribution in [3.63, 3.8) is 0 Å². The number of nitrogens with one attached hydrogen (secondary N) is 1. The van der Waals surface area contributed by atoms with E-state index in [-0.39, 0.29) is 11.1 Å². The van der Waals surface area contributed by atoms with Crippen LogP contribution in [0.4, 0.5) is 0 Å². The van der Waals surface area contributed by atoms with E-state index in [9.17, 15) is 0 Å². The second-order valence-electron chi connectivity index (χ2n) is 5.11. The Labute approximate surface area is 102 Å². The Hall–Kier alpha value is -1.60. The van der Waals surface area contributed by atoms with Crippen molar-refractivity contribution in [3.8, 4) is 0 Å². The first-order valence-corrected chi connectivity index (χ1v) is 6.07. The summed E-state index contributed by atoms with van der Waals surface area (Å²) in [6, 6.07) is 21.3. The quantitative estimate of drug-likeness (QED) is 0.774. The third-order valence-corrected chi connectivity index (χ3v) is 4.14. The molecule has 1 heterocycles. The zero-order valence-electron chi connectivity index (χ0n) is 10.3. The van der Waals surface area contributed by atoms with Gasteiger partial charge in [-0.25, -0.2) is 0 Å². The monoisotopic (exact) mass is 223 g/mol. The first-order chi connectivity index (χ1) is 8.17. The highest BCUT2D eigenvalue weighted by Crippen LogP contribution is 2.53. The predicted molar refractivity (Wildman–Crippen MR) is 70.7 cm³/mol. The topological polar surface area (TPSA) is 21.9 Å². The molecule has 0 radical (unpaired) electrons. The van der Waals surface area contributed by atoms with Crippen LogP contribution in [0.3, 0.4) is 0 Å². The molecule has 1 fully saturated rings. The molecule has 2 aromatic carbocycles. The molecule has 1 aliphatic heterocycles. The lowest BCUT2D eigenvalue weighted by Crippen LogP contribution is -2.15. The highest BCUT2D eigenvalue weighted by molar-refractivity contribution is 5.44. The number of rotatable bonds is 2. The smallest absolute Gasteiger partial charge is 0.0637 e. The molecule has 17 heavy (non-hydrogen) atoms. The summed E-state index contributed by atoms with van der Waals surface area (Å²) in [7, 11) is 0. The molecule has 1 N–H and O–H groups in total. The maximum absolute atomic E-state index is 3.65. The summed E-state index contributed by atoms with van der Waals surface area (Å²) < 4.78 is 0. The molecule has 2 unspecified atom stereocenters. The van der Waals surface area contributed by atoms with Crippen molar-refractivity contribution < 1.29 is 0 Å². The fraction of sp³-hybridized carbons (Fsp3) is 0.250. The molecule has 0 amide bonds. The second-order valence-corrected chi connectivity index (χ2v) is 5.11. The van der Waals surface area contributed by atoms with Crippen molar-refractivity contribution in [2.24, 2.45) is 0 Å². The molecule has 1 aliphatic rings. The summed E-state index contributed by atoms with van der Waals surface area (Å²) in [5.74, 6) is 0. The van der Waals surface area contributed by atoms with Crippen LogP contribution in [-0.2, 0) is 11.1 Å². The van der Waals surface area contributed by atoms with Crippen molar-refractivity contribution in [1.29, 1.82) is 0 Å². The van der Waals surface area contributed by atoms with Crippen molar-refractivity contribution >= 4 is 0 Å². The number of hydrogen-bond donors (Lipinski definition) is 1.